The van der Waals surface area contributed by atoms with E-state index < -0.39 is 24.0 Å². The van der Waals surface area contributed by atoms with Crippen molar-refractivity contribution in [1.82, 2.24) is 5.32 Å². The molecule has 0 spiro atoms. The van der Waals surface area contributed by atoms with Crippen LogP contribution in [0.15, 0.2) is 65.7 Å². The fraction of sp³-hybridized carbons (Fsp3) is 0.211. The Bertz CT molecular complexity index is 757. The lowest BCUT2D eigenvalue weighted by atomic mass is 9.88. The first-order valence-corrected chi connectivity index (χ1v) is 7.76. The Labute approximate surface area is 140 Å². The van der Waals surface area contributed by atoms with Crippen LogP contribution in [0.2, 0.25) is 0 Å². The zero-order valence-electron chi connectivity index (χ0n) is 13.3. The van der Waals surface area contributed by atoms with Gasteiger partial charge in [-0.1, -0.05) is 60.7 Å². The van der Waals surface area contributed by atoms with Gasteiger partial charge in [0.1, 0.15) is 12.5 Å². The largest absolute Gasteiger partial charge is 0.460 e. The van der Waals surface area contributed by atoms with Gasteiger partial charge in [-0.25, -0.2) is 9.79 Å². The molecule has 1 aliphatic rings. The molecule has 0 aromatic heterocycles. The Balaban J connectivity index is 1.80. The van der Waals surface area contributed by atoms with E-state index in [1.165, 1.54) is 0 Å². The minimum absolute atomic E-state index is 0.193. The predicted octanol–water partition coefficient (Wildman–Crippen LogP) is 3.27. The van der Waals surface area contributed by atoms with Crippen LogP contribution in [0.3, 0.4) is 0 Å². The first kappa shape index (κ1) is 15.9. The Morgan fingerprint density at radius 2 is 1.71 bits per heavy atom. The number of carbonyl (C=O) groups excluding carboxylic acids is 2. The molecule has 1 N–H and O–H groups in total. The molecule has 0 bridgehead atoms. The molecule has 5 nitrogen and oxygen atoms in total. The average Bonchev–Trinajstić information content (AvgIpc) is 2.60. The molecule has 0 fully saturated rings. The third kappa shape index (κ3) is 3.51. The average molecular weight is 322 g/mol. The van der Waals surface area contributed by atoms with Crippen LogP contribution in [-0.2, 0) is 16.1 Å². The van der Waals surface area contributed by atoms with Gasteiger partial charge in [-0.2, -0.15) is 0 Å². The second kappa shape index (κ2) is 7.08. The molecule has 1 aliphatic heterocycles. The summed E-state index contributed by atoms with van der Waals surface area (Å²) in [5.74, 6) is -1.03. The summed E-state index contributed by atoms with van der Waals surface area (Å²) in [6.45, 7) is 1.88. The summed E-state index contributed by atoms with van der Waals surface area (Å²) < 4.78 is 5.45. The molecule has 2 aromatic carbocycles. The molecule has 2 atom stereocenters. The number of nitrogens with zero attached hydrogens (tertiary/aromatic N) is 1. The SMILES string of the molecule is CC1=NC(=O)NC(c2ccccc2)C1C(=O)OCc1ccccc1. The molecule has 2 unspecified atom stereocenters. The maximum Gasteiger partial charge on any atom is 0.341 e. The van der Waals surface area contributed by atoms with Crippen molar-refractivity contribution >= 4 is 17.7 Å². The minimum Gasteiger partial charge on any atom is -0.460 e. The van der Waals surface area contributed by atoms with Crippen LogP contribution < -0.4 is 5.32 Å². The van der Waals surface area contributed by atoms with Crippen LogP contribution in [-0.4, -0.2) is 17.7 Å². The Hall–Kier alpha value is -2.95. The smallest absolute Gasteiger partial charge is 0.341 e. The van der Waals surface area contributed by atoms with Gasteiger partial charge in [0.25, 0.3) is 0 Å². The van der Waals surface area contributed by atoms with Crippen LogP contribution in [0.1, 0.15) is 24.1 Å². The van der Waals surface area contributed by atoms with Crippen molar-refractivity contribution in [3.8, 4) is 0 Å². The van der Waals surface area contributed by atoms with Crippen molar-refractivity contribution in [2.24, 2.45) is 10.9 Å². The molecule has 0 saturated carbocycles. The molecule has 0 saturated heterocycles. The highest BCUT2D eigenvalue weighted by Gasteiger charge is 2.37. The summed E-state index contributed by atoms with van der Waals surface area (Å²) in [5, 5.41) is 2.76. The summed E-state index contributed by atoms with van der Waals surface area (Å²) in [6.07, 6.45) is 0. The number of carbonyl (C=O) groups is 2. The van der Waals surface area contributed by atoms with E-state index in [2.05, 4.69) is 10.3 Å². The van der Waals surface area contributed by atoms with Crippen molar-refractivity contribution in [3.05, 3.63) is 71.8 Å². The number of urea groups is 1. The first-order chi connectivity index (χ1) is 11.6. The lowest BCUT2D eigenvalue weighted by Gasteiger charge is -2.29. The second-order valence-corrected chi connectivity index (χ2v) is 5.66. The van der Waals surface area contributed by atoms with E-state index >= 15 is 0 Å². The number of rotatable bonds is 4. The quantitative estimate of drug-likeness (QED) is 0.878. The van der Waals surface area contributed by atoms with E-state index in [0.29, 0.717) is 5.71 Å². The summed E-state index contributed by atoms with van der Waals surface area (Å²) in [5.41, 5.74) is 2.23. The molecule has 3 rings (SSSR count). The van der Waals surface area contributed by atoms with Gasteiger partial charge in [-0.3, -0.25) is 4.79 Å². The zero-order chi connectivity index (χ0) is 16.9. The van der Waals surface area contributed by atoms with Crippen LogP contribution in [0.4, 0.5) is 4.79 Å². The van der Waals surface area contributed by atoms with E-state index in [4.69, 9.17) is 4.74 Å². The molecule has 2 aromatic rings. The summed E-state index contributed by atoms with van der Waals surface area (Å²) in [7, 11) is 0. The Morgan fingerprint density at radius 1 is 1.08 bits per heavy atom. The third-order valence-corrected chi connectivity index (χ3v) is 3.98. The topological polar surface area (TPSA) is 67.8 Å². The molecule has 0 aliphatic carbocycles. The number of hydrogen-bond donors (Lipinski definition) is 1. The number of aliphatic imine (C=N–C) groups is 1. The van der Waals surface area contributed by atoms with E-state index in [1.807, 2.05) is 60.7 Å². The number of nitrogens with one attached hydrogen (secondary N) is 1. The molecule has 5 heteroatoms. The highest BCUT2D eigenvalue weighted by molar-refractivity contribution is 6.08. The number of benzene rings is 2. The Kier molecular flexibility index (Phi) is 4.70. The van der Waals surface area contributed by atoms with Crippen LogP contribution in [0.5, 0.6) is 0 Å². The van der Waals surface area contributed by atoms with Gasteiger partial charge in [-0.15, -0.1) is 0 Å². The van der Waals surface area contributed by atoms with Crippen LogP contribution in [0.25, 0.3) is 0 Å². The predicted molar refractivity (Wildman–Crippen MR) is 90.6 cm³/mol. The molecule has 122 valence electrons. The van der Waals surface area contributed by atoms with Crippen molar-refractivity contribution in [1.29, 1.82) is 0 Å². The monoisotopic (exact) mass is 322 g/mol. The van der Waals surface area contributed by atoms with Crippen molar-refractivity contribution in [3.63, 3.8) is 0 Å². The van der Waals surface area contributed by atoms with Gasteiger partial charge in [-0.05, 0) is 18.1 Å². The Morgan fingerprint density at radius 3 is 2.38 bits per heavy atom. The van der Waals surface area contributed by atoms with Gasteiger partial charge in [0, 0.05) is 5.71 Å². The molecule has 24 heavy (non-hydrogen) atoms. The zero-order valence-corrected chi connectivity index (χ0v) is 13.3. The van der Waals surface area contributed by atoms with Crippen molar-refractivity contribution in [2.75, 3.05) is 0 Å². The van der Waals surface area contributed by atoms with E-state index in [0.717, 1.165) is 11.1 Å². The van der Waals surface area contributed by atoms with Gasteiger partial charge < -0.3 is 10.1 Å². The van der Waals surface area contributed by atoms with Crippen LogP contribution in [0, 0.1) is 5.92 Å². The van der Waals surface area contributed by atoms with E-state index in [1.54, 1.807) is 6.92 Å². The van der Waals surface area contributed by atoms with Gasteiger partial charge >= 0.3 is 12.0 Å². The normalized spacial score (nSPS) is 20.0. The first-order valence-electron chi connectivity index (χ1n) is 7.76. The fourth-order valence-electron chi connectivity index (χ4n) is 2.78. The van der Waals surface area contributed by atoms with Gasteiger partial charge in [0.05, 0.1) is 6.04 Å². The van der Waals surface area contributed by atoms with Crippen molar-refractivity contribution < 1.29 is 14.3 Å². The number of esters is 1. The summed E-state index contributed by atoms with van der Waals surface area (Å²) >= 11 is 0. The molecule has 2 amide bonds. The maximum absolute atomic E-state index is 12.6. The number of amides is 2. The fourth-order valence-corrected chi connectivity index (χ4v) is 2.78. The summed E-state index contributed by atoms with van der Waals surface area (Å²) in [6, 6.07) is 17.9. The molecule has 0 radical (unpaired) electrons. The number of hydrogen-bond acceptors (Lipinski definition) is 3. The highest BCUT2D eigenvalue weighted by Crippen LogP contribution is 2.28. The van der Waals surface area contributed by atoms with Crippen molar-refractivity contribution in [2.45, 2.75) is 19.6 Å². The number of ether oxygens (including phenoxy) is 1. The summed E-state index contributed by atoms with van der Waals surface area (Å²) in [4.78, 5) is 28.3. The molecule has 1 heterocycles. The lowest BCUT2D eigenvalue weighted by Crippen LogP contribution is -2.44. The highest BCUT2D eigenvalue weighted by atomic mass is 16.5. The standard InChI is InChI=1S/C19H18N2O3/c1-13-16(18(22)24-12-14-8-4-2-5-9-14)17(21-19(23)20-13)15-10-6-3-7-11-15/h2-11,16-17H,12H2,1H3,(H,21,23). The molecular weight excluding hydrogens is 304 g/mol. The van der Waals surface area contributed by atoms with Gasteiger partial charge in [0.15, 0.2) is 0 Å². The molecular formula is C19H18N2O3. The minimum atomic E-state index is -0.631. The second-order valence-electron chi connectivity index (χ2n) is 5.66. The van der Waals surface area contributed by atoms with Crippen LogP contribution >= 0.6 is 0 Å². The van der Waals surface area contributed by atoms with E-state index in [-0.39, 0.29) is 6.61 Å². The maximum atomic E-state index is 12.6. The van der Waals surface area contributed by atoms with E-state index in [9.17, 15) is 9.59 Å². The third-order valence-electron chi connectivity index (χ3n) is 3.98. The lowest BCUT2D eigenvalue weighted by molar-refractivity contribution is -0.148. The van der Waals surface area contributed by atoms with Gasteiger partial charge in [0.2, 0.25) is 0 Å².